The Labute approximate surface area is 122 Å². The van der Waals surface area contributed by atoms with Crippen molar-refractivity contribution in [2.24, 2.45) is 0 Å². The van der Waals surface area contributed by atoms with E-state index < -0.39 is 18.0 Å². The molecule has 116 valence electrons. The van der Waals surface area contributed by atoms with Gasteiger partial charge in [0.05, 0.1) is 19.0 Å². The van der Waals surface area contributed by atoms with E-state index in [1.54, 1.807) is 0 Å². The van der Waals surface area contributed by atoms with Crippen molar-refractivity contribution in [2.45, 2.75) is 37.8 Å². The Morgan fingerprint density at radius 2 is 2.33 bits per heavy atom. The van der Waals surface area contributed by atoms with Crippen molar-refractivity contribution in [1.82, 2.24) is 20.2 Å². The van der Waals surface area contributed by atoms with E-state index in [1.165, 1.54) is 17.4 Å². The number of urea groups is 1. The number of aliphatic carboxylic acids is 1. The minimum absolute atomic E-state index is 0.105. The molecule has 2 atom stereocenters. The molecular weight excluding hydrogens is 276 g/mol. The number of carboxylic acids is 1. The fraction of sp³-hybridized carbons (Fsp3) is 0.615. The normalized spacial score (nSPS) is 20.0. The Morgan fingerprint density at radius 3 is 2.95 bits per heavy atom. The molecule has 21 heavy (non-hydrogen) atoms. The van der Waals surface area contributed by atoms with Gasteiger partial charge in [0.25, 0.3) is 0 Å². The van der Waals surface area contributed by atoms with E-state index in [0.29, 0.717) is 12.2 Å². The van der Waals surface area contributed by atoms with Crippen LogP contribution in [0, 0.1) is 0 Å². The summed E-state index contributed by atoms with van der Waals surface area (Å²) in [6, 6.07) is -1.71. The number of hydrogen-bond acceptors (Lipinski definition) is 4. The number of aromatic amines is 1. The first kappa shape index (κ1) is 15.3. The van der Waals surface area contributed by atoms with Crippen molar-refractivity contribution in [2.75, 3.05) is 13.2 Å². The SMILES string of the molecule is O=C(O)[C@@H](Cc1cnc[nH]1)NC(=O)N1CCCCC1CO. The van der Waals surface area contributed by atoms with Crippen LogP contribution in [0.25, 0.3) is 0 Å². The second-order valence-corrected chi connectivity index (χ2v) is 5.15. The van der Waals surface area contributed by atoms with Gasteiger partial charge in [0.1, 0.15) is 6.04 Å². The zero-order valence-corrected chi connectivity index (χ0v) is 11.7. The maximum Gasteiger partial charge on any atom is 0.326 e. The van der Waals surface area contributed by atoms with E-state index in [1.807, 2.05) is 0 Å². The zero-order valence-electron chi connectivity index (χ0n) is 11.7. The van der Waals surface area contributed by atoms with Gasteiger partial charge in [-0.25, -0.2) is 14.6 Å². The molecule has 0 aliphatic carbocycles. The number of rotatable bonds is 5. The molecule has 0 spiro atoms. The summed E-state index contributed by atoms with van der Waals surface area (Å²) in [5, 5.41) is 21.1. The quantitative estimate of drug-likeness (QED) is 0.608. The number of piperidine rings is 1. The van der Waals surface area contributed by atoms with Crippen LogP contribution in [0.15, 0.2) is 12.5 Å². The number of nitrogens with zero attached hydrogens (tertiary/aromatic N) is 2. The molecule has 2 rings (SSSR count). The largest absolute Gasteiger partial charge is 0.480 e. The summed E-state index contributed by atoms with van der Waals surface area (Å²) in [5.74, 6) is -1.10. The number of amides is 2. The summed E-state index contributed by atoms with van der Waals surface area (Å²) in [6.07, 6.45) is 5.69. The number of likely N-dealkylation sites (tertiary alicyclic amines) is 1. The monoisotopic (exact) mass is 296 g/mol. The molecule has 1 aromatic rings. The van der Waals surface area contributed by atoms with Gasteiger partial charge in [0.15, 0.2) is 0 Å². The molecule has 0 bridgehead atoms. The summed E-state index contributed by atoms with van der Waals surface area (Å²) in [7, 11) is 0. The third kappa shape index (κ3) is 3.94. The molecule has 1 fully saturated rings. The standard InChI is InChI=1S/C13H20N4O4/c18-7-10-3-1-2-4-17(10)13(21)16-11(12(19)20)5-9-6-14-8-15-9/h6,8,10-11,18H,1-5,7H2,(H,14,15)(H,16,21)(H,19,20)/t10?,11-/m1/s1. The van der Waals surface area contributed by atoms with E-state index in [0.717, 1.165) is 19.3 Å². The first-order valence-electron chi connectivity index (χ1n) is 7.00. The van der Waals surface area contributed by atoms with Crippen LogP contribution in [0.1, 0.15) is 25.0 Å². The molecule has 2 amide bonds. The number of aliphatic hydroxyl groups excluding tert-OH is 1. The van der Waals surface area contributed by atoms with Crippen molar-refractivity contribution >= 4 is 12.0 Å². The van der Waals surface area contributed by atoms with Gasteiger partial charge >= 0.3 is 12.0 Å². The second kappa shape index (κ2) is 7.07. The number of carboxylic acid groups (broad SMARTS) is 1. The number of carbonyl (C=O) groups is 2. The first-order chi connectivity index (χ1) is 10.1. The Bertz CT molecular complexity index is 477. The van der Waals surface area contributed by atoms with E-state index >= 15 is 0 Å². The highest BCUT2D eigenvalue weighted by Crippen LogP contribution is 2.16. The third-order valence-corrected chi connectivity index (χ3v) is 3.67. The van der Waals surface area contributed by atoms with Gasteiger partial charge in [-0.3, -0.25) is 0 Å². The van der Waals surface area contributed by atoms with Crippen LogP contribution in [0.5, 0.6) is 0 Å². The number of nitrogens with one attached hydrogen (secondary N) is 2. The van der Waals surface area contributed by atoms with Crippen LogP contribution in [-0.4, -0.2) is 62.3 Å². The highest BCUT2D eigenvalue weighted by Gasteiger charge is 2.29. The topological polar surface area (TPSA) is 119 Å². The Kier molecular flexibility index (Phi) is 5.15. The van der Waals surface area contributed by atoms with Crippen LogP contribution < -0.4 is 5.32 Å². The number of aromatic nitrogens is 2. The van der Waals surface area contributed by atoms with Crippen LogP contribution in [0.4, 0.5) is 4.79 Å². The van der Waals surface area contributed by atoms with E-state index in [4.69, 9.17) is 0 Å². The Balaban J connectivity index is 1.98. The van der Waals surface area contributed by atoms with Gasteiger partial charge in [-0.15, -0.1) is 0 Å². The first-order valence-corrected chi connectivity index (χ1v) is 7.00. The number of imidazole rings is 1. The lowest BCUT2D eigenvalue weighted by Gasteiger charge is -2.35. The molecule has 1 aliphatic heterocycles. The lowest BCUT2D eigenvalue weighted by Crippen LogP contribution is -2.54. The van der Waals surface area contributed by atoms with Gasteiger partial charge in [-0.1, -0.05) is 0 Å². The van der Waals surface area contributed by atoms with Crippen LogP contribution in [0.3, 0.4) is 0 Å². The third-order valence-electron chi connectivity index (χ3n) is 3.67. The summed E-state index contributed by atoms with van der Waals surface area (Å²) >= 11 is 0. The maximum absolute atomic E-state index is 12.2. The zero-order chi connectivity index (χ0) is 15.2. The molecule has 1 aromatic heterocycles. The Morgan fingerprint density at radius 1 is 1.52 bits per heavy atom. The minimum atomic E-state index is -1.10. The highest BCUT2D eigenvalue weighted by molar-refractivity contribution is 5.83. The van der Waals surface area contributed by atoms with Crippen LogP contribution in [-0.2, 0) is 11.2 Å². The molecule has 1 aliphatic rings. The summed E-state index contributed by atoms with van der Waals surface area (Å²) in [6.45, 7) is 0.430. The van der Waals surface area contributed by atoms with Gasteiger partial charge in [-0.2, -0.15) is 0 Å². The fourth-order valence-corrected chi connectivity index (χ4v) is 2.51. The average Bonchev–Trinajstić information content (AvgIpc) is 2.99. The van der Waals surface area contributed by atoms with Gasteiger partial charge < -0.3 is 25.4 Å². The smallest absolute Gasteiger partial charge is 0.326 e. The molecule has 1 unspecified atom stereocenters. The van der Waals surface area contributed by atoms with Gasteiger partial charge in [0, 0.05) is 24.9 Å². The van der Waals surface area contributed by atoms with E-state index in [-0.39, 0.29) is 19.1 Å². The molecule has 1 saturated heterocycles. The number of hydrogen-bond donors (Lipinski definition) is 4. The van der Waals surface area contributed by atoms with Gasteiger partial charge in [0.2, 0.25) is 0 Å². The summed E-state index contributed by atoms with van der Waals surface area (Å²) in [5.41, 5.74) is 0.639. The molecule has 0 aromatic carbocycles. The number of H-pyrrole nitrogens is 1. The molecule has 0 saturated carbocycles. The number of aliphatic hydroxyl groups is 1. The maximum atomic E-state index is 12.2. The van der Waals surface area contributed by atoms with Gasteiger partial charge in [-0.05, 0) is 19.3 Å². The van der Waals surface area contributed by atoms with Crippen LogP contribution in [0.2, 0.25) is 0 Å². The highest BCUT2D eigenvalue weighted by atomic mass is 16.4. The molecule has 2 heterocycles. The number of carbonyl (C=O) groups excluding carboxylic acids is 1. The average molecular weight is 296 g/mol. The molecular formula is C13H20N4O4. The summed E-state index contributed by atoms with van der Waals surface area (Å²) < 4.78 is 0. The molecule has 0 radical (unpaired) electrons. The molecule has 4 N–H and O–H groups in total. The van der Waals surface area contributed by atoms with Crippen molar-refractivity contribution in [3.05, 3.63) is 18.2 Å². The van der Waals surface area contributed by atoms with Crippen molar-refractivity contribution in [1.29, 1.82) is 0 Å². The van der Waals surface area contributed by atoms with Crippen molar-refractivity contribution in [3.8, 4) is 0 Å². The lowest BCUT2D eigenvalue weighted by atomic mass is 10.0. The van der Waals surface area contributed by atoms with E-state index in [2.05, 4.69) is 15.3 Å². The minimum Gasteiger partial charge on any atom is -0.480 e. The van der Waals surface area contributed by atoms with E-state index in [9.17, 15) is 19.8 Å². The lowest BCUT2D eigenvalue weighted by molar-refractivity contribution is -0.139. The van der Waals surface area contributed by atoms with Crippen molar-refractivity contribution < 1.29 is 19.8 Å². The summed E-state index contributed by atoms with van der Waals surface area (Å²) in [4.78, 5) is 31.7. The predicted molar refractivity (Wildman–Crippen MR) is 73.7 cm³/mol. The molecule has 8 heteroatoms. The fourth-order valence-electron chi connectivity index (χ4n) is 2.51. The molecule has 8 nitrogen and oxygen atoms in total. The second-order valence-electron chi connectivity index (χ2n) is 5.15. The van der Waals surface area contributed by atoms with Crippen LogP contribution >= 0.6 is 0 Å². The van der Waals surface area contributed by atoms with Crippen molar-refractivity contribution in [3.63, 3.8) is 0 Å². The Hall–Kier alpha value is -2.09. The predicted octanol–water partition coefficient (Wildman–Crippen LogP) is -0.0382.